The summed E-state index contributed by atoms with van der Waals surface area (Å²) in [6.45, 7) is 0. The summed E-state index contributed by atoms with van der Waals surface area (Å²) in [5.41, 5.74) is 24.2. The van der Waals surface area contributed by atoms with Gasteiger partial charge in [0, 0.05) is 11.8 Å². The highest BCUT2D eigenvalue weighted by atomic mass is 14.7. The third-order valence-corrected chi connectivity index (χ3v) is 1.60. The molecular weight excluding hydrogens is 152 g/mol. The molecule has 0 heterocycles. The lowest BCUT2D eigenvalue weighted by Gasteiger charge is -2.03. The Morgan fingerprint density at radius 2 is 1.83 bits per heavy atom. The topological polar surface area (TPSA) is 104 Å². The number of hydrogen-bond donors (Lipinski definition) is 4. The normalized spacial score (nSPS) is 11.5. The molecule has 0 aliphatic carbocycles. The molecule has 1 aromatic carbocycles. The van der Waals surface area contributed by atoms with E-state index in [1.54, 1.807) is 18.2 Å². The van der Waals surface area contributed by atoms with Crippen molar-refractivity contribution in [3.8, 4) is 0 Å². The summed E-state index contributed by atoms with van der Waals surface area (Å²) < 4.78 is 0. The fourth-order valence-electron chi connectivity index (χ4n) is 0.851. The summed E-state index contributed by atoms with van der Waals surface area (Å²) in [4.78, 5) is 0. The van der Waals surface area contributed by atoms with Crippen LogP contribution in [0.5, 0.6) is 0 Å². The van der Waals surface area contributed by atoms with Crippen molar-refractivity contribution >= 4 is 17.1 Å². The molecular formula is C8H12N4. The maximum absolute atomic E-state index is 5.56. The monoisotopic (exact) mass is 164 g/mol. The lowest BCUT2D eigenvalue weighted by Crippen LogP contribution is -2.01. The Bertz CT molecular complexity index is 317. The number of nitrogen functional groups attached to an aromatic ring is 2. The first kappa shape index (κ1) is 8.26. The summed E-state index contributed by atoms with van der Waals surface area (Å²) in [7, 11) is 0. The minimum atomic E-state index is 0.488. The molecule has 0 saturated heterocycles. The van der Waals surface area contributed by atoms with Crippen molar-refractivity contribution in [1.82, 2.24) is 0 Å². The molecule has 64 valence electrons. The molecule has 0 fully saturated rings. The molecule has 4 nitrogen and oxygen atoms in total. The number of nitrogens with two attached hydrogens (primary N) is 4. The van der Waals surface area contributed by atoms with Crippen molar-refractivity contribution < 1.29 is 0 Å². The summed E-state index contributed by atoms with van der Waals surface area (Å²) in [6, 6.07) is 5.15. The van der Waals surface area contributed by atoms with Gasteiger partial charge in [0.1, 0.15) is 0 Å². The van der Waals surface area contributed by atoms with Crippen molar-refractivity contribution in [3.63, 3.8) is 0 Å². The van der Waals surface area contributed by atoms with E-state index in [-0.39, 0.29) is 0 Å². The summed E-state index contributed by atoms with van der Waals surface area (Å²) in [5.74, 6) is 0. The Morgan fingerprint density at radius 1 is 1.17 bits per heavy atom. The largest absolute Gasteiger partial charge is 0.403 e. The second kappa shape index (κ2) is 3.04. The van der Waals surface area contributed by atoms with Crippen LogP contribution in [0.1, 0.15) is 5.56 Å². The van der Waals surface area contributed by atoms with Crippen LogP contribution in [0, 0.1) is 0 Å². The zero-order valence-electron chi connectivity index (χ0n) is 6.62. The smallest absolute Gasteiger partial charge is 0.0554 e. The van der Waals surface area contributed by atoms with E-state index in [0.717, 1.165) is 5.56 Å². The molecule has 0 saturated carbocycles. The van der Waals surface area contributed by atoms with Gasteiger partial charge >= 0.3 is 0 Å². The van der Waals surface area contributed by atoms with Crippen molar-refractivity contribution in [2.75, 3.05) is 11.5 Å². The van der Waals surface area contributed by atoms with Crippen molar-refractivity contribution in [3.05, 3.63) is 30.0 Å². The number of anilines is 2. The minimum absolute atomic E-state index is 0.488. The molecule has 1 rings (SSSR count). The molecule has 0 spiro atoms. The SMILES string of the molecule is N/C=C(\N)c1ccc(N)c(N)c1. The summed E-state index contributed by atoms with van der Waals surface area (Å²) >= 11 is 0. The molecule has 12 heavy (non-hydrogen) atoms. The van der Waals surface area contributed by atoms with Crippen LogP contribution in [-0.2, 0) is 0 Å². The van der Waals surface area contributed by atoms with E-state index < -0.39 is 0 Å². The standard InChI is InChI=1S/C8H12N4/c9-4-8(12)5-1-2-6(10)7(11)3-5/h1-4H,9-12H2/b8-4-. The van der Waals surface area contributed by atoms with Crippen molar-refractivity contribution in [2.24, 2.45) is 11.5 Å². The minimum Gasteiger partial charge on any atom is -0.403 e. The zero-order chi connectivity index (χ0) is 9.14. The van der Waals surface area contributed by atoms with E-state index >= 15 is 0 Å². The van der Waals surface area contributed by atoms with Gasteiger partial charge in [-0.3, -0.25) is 0 Å². The molecule has 1 aromatic rings. The van der Waals surface area contributed by atoms with Gasteiger partial charge in [0.25, 0.3) is 0 Å². The molecule has 0 unspecified atom stereocenters. The molecule has 4 heteroatoms. The molecule has 0 aliphatic rings. The molecule has 0 aliphatic heterocycles. The van der Waals surface area contributed by atoms with E-state index in [1.165, 1.54) is 6.20 Å². The lowest BCUT2D eigenvalue weighted by molar-refractivity contribution is 1.46. The van der Waals surface area contributed by atoms with E-state index in [1.807, 2.05) is 0 Å². The third-order valence-electron chi connectivity index (χ3n) is 1.60. The third kappa shape index (κ3) is 1.42. The quantitative estimate of drug-likeness (QED) is 0.441. The van der Waals surface area contributed by atoms with E-state index in [2.05, 4.69) is 0 Å². The Labute approximate surface area is 70.8 Å². The Balaban J connectivity index is 3.13. The molecule has 0 radical (unpaired) electrons. The maximum atomic E-state index is 5.56. The fraction of sp³-hybridized carbons (Fsp3) is 0. The predicted molar refractivity (Wildman–Crippen MR) is 51.6 cm³/mol. The van der Waals surface area contributed by atoms with Gasteiger partial charge in [0.15, 0.2) is 0 Å². The number of rotatable bonds is 1. The highest BCUT2D eigenvalue weighted by Crippen LogP contribution is 2.18. The second-order valence-electron chi connectivity index (χ2n) is 2.47. The molecule has 8 N–H and O–H groups in total. The van der Waals surface area contributed by atoms with Gasteiger partial charge in [-0.05, 0) is 12.1 Å². The van der Waals surface area contributed by atoms with Crippen LogP contribution in [0.15, 0.2) is 24.4 Å². The van der Waals surface area contributed by atoms with Gasteiger partial charge in [0.05, 0.1) is 17.1 Å². The van der Waals surface area contributed by atoms with Crippen molar-refractivity contribution in [2.45, 2.75) is 0 Å². The van der Waals surface area contributed by atoms with E-state index in [0.29, 0.717) is 17.1 Å². The van der Waals surface area contributed by atoms with Gasteiger partial charge in [-0.25, -0.2) is 0 Å². The zero-order valence-corrected chi connectivity index (χ0v) is 6.62. The molecule has 0 aromatic heterocycles. The molecule has 0 amide bonds. The highest BCUT2D eigenvalue weighted by molar-refractivity contribution is 5.72. The van der Waals surface area contributed by atoms with Crippen molar-refractivity contribution in [1.29, 1.82) is 0 Å². The average Bonchev–Trinajstić information content (AvgIpc) is 2.08. The first-order valence-electron chi connectivity index (χ1n) is 3.48. The van der Waals surface area contributed by atoms with Crippen LogP contribution < -0.4 is 22.9 Å². The average molecular weight is 164 g/mol. The first-order chi connectivity index (χ1) is 5.65. The maximum Gasteiger partial charge on any atom is 0.0554 e. The van der Waals surface area contributed by atoms with E-state index in [9.17, 15) is 0 Å². The van der Waals surface area contributed by atoms with Gasteiger partial charge in [-0.15, -0.1) is 0 Å². The van der Waals surface area contributed by atoms with Crippen LogP contribution >= 0.6 is 0 Å². The Kier molecular flexibility index (Phi) is 2.09. The number of benzene rings is 1. The fourth-order valence-corrected chi connectivity index (χ4v) is 0.851. The van der Waals surface area contributed by atoms with E-state index in [4.69, 9.17) is 22.9 Å². The van der Waals surface area contributed by atoms with Crippen LogP contribution in [0.3, 0.4) is 0 Å². The van der Waals surface area contributed by atoms with Gasteiger partial charge in [-0.1, -0.05) is 6.07 Å². The second-order valence-corrected chi connectivity index (χ2v) is 2.47. The Morgan fingerprint density at radius 3 is 2.33 bits per heavy atom. The molecule has 0 atom stereocenters. The van der Waals surface area contributed by atoms with Gasteiger partial charge in [0.2, 0.25) is 0 Å². The highest BCUT2D eigenvalue weighted by Gasteiger charge is 1.98. The summed E-state index contributed by atoms with van der Waals surface area (Å²) in [6.07, 6.45) is 1.32. The van der Waals surface area contributed by atoms with Crippen LogP contribution in [-0.4, -0.2) is 0 Å². The van der Waals surface area contributed by atoms with Gasteiger partial charge < -0.3 is 22.9 Å². The Hall–Kier alpha value is -1.84. The van der Waals surface area contributed by atoms with Crippen LogP contribution in [0.2, 0.25) is 0 Å². The van der Waals surface area contributed by atoms with Gasteiger partial charge in [-0.2, -0.15) is 0 Å². The number of hydrogen-bond acceptors (Lipinski definition) is 4. The van der Waals surface area contributed by atoms with Crippen LogP contribution in [0.25, 0.3) is 5.70 Å². The lowest BCUT2D eigenvalue weighted by atomic mass is 10.1. The first-order valence-corrected chi connectivity index (χ1v) is 3.48. The molecule has 0 bridgehead atoms. The van der Waals surface area contributed by atoms with Crippen LogP contribution in [0.4, 0.5) is 11.4 Å². The summed E-state index contributed by atoms with van der Waals surface area (Å²) in [5, 5.41) is 0. The predicted octanol–water partition coefficient (Wildman–Crippen LogP) is 0.0668.